The first-order chi connectivity index (χ1) is 33.8. The molecule has 0 N–H and O–H groups in total. The Hall–Kier alpha value is -5.80. The lowest BCUT2D eigenvalue weighted by molar-refractivity contribution is 0.0221. The van der Waals surface area contributed by atoms with Gasteiger partial charge in [-0.3, -0.25) is 0 Å². The normalized spacial score (nSPS) is 14.7. The monoisotopic (exact) mass is 928 g/mol. The number of fused-ring (bicyclic) bond motifs is 2. The van der Waals surface area contributed by atoms with Crippen molar-refractivity contribution in [1.29, 1.82) is 0 Å². The van der Waals surface area contributed by atoms with Crippen molar-refractivity contribution >= 4 is 0 Å². The molecule has 12 nitrogen and oxygen atoms in total. The summed E-state index contributed by atoms with van der Waals surface area (Å²) in [5, 5.41) is 0. The molecular formula is C56H64O12. The lowest BCUT2D eigenvalue weighted by Gasteiger charge is -2.19. The Morgan fingerprint density at radius 2 is 0.456 bits per heavy atom. The van der Waals surface area contributed by atoms with Crippen molar-refractivity contribution in [2.24, 2.45) is 0 Å². The predicted octanol–water partition coefficient (Wildman–Crippen LogP) is 9.85. The molecule has 0 bridgehead atoms. The average molecular weight is 929 g/mol. The van der Waals surface area contributed by atoms with Crippen molar-refractivity contribution in [2.75, 3.05) is 79.3 Å². The first kappa shape index (κ1) is 50.1. The molecule has 6 aromatic carbocycles. The molecule has 0 saturated heterocycles. The van der Waals surface area contributed by atoms with Crippen LogP contribution in [-0.4, -0.2) is 79.3 Å². The van der Waals surface area contributed by atoms with Crippen molar-refractivity contribution in [3.8, 4) is 23.0 Å². The van der Waals surface area contributed by atoms with E-state index in [1.165, 1.54) is 0 Å². The lowest BCUT2D eigenvalue weighted by Crippen LogP contribution is -2.16. The third-order valence-corrected chi connectivity index (χ3v) is 10.7. The van der Waals surface area contributed by atoms with E-state index in [0.717, 1.165) is 44.5 Å². The van der Waals surface area contributed by atoms with Gasteiger partial charge in [0.2, 0.25) is 0 Å². The Bertz CT molecular complexity index is 1960. The van der Waals surface area contributed by atoms with E-state index < -0.39 is 0 Å². The predicted molar refractivity (Wildman–Crippen MR) is 258 cm³/mol. The third-order valence-electron chi connectivity index (χ3n) is 10.7. The molecule has 6 aromatic rings. The molecule has 0 unspecified atom stereocenters. The fourth-order valence-electron chi connectivity index (χ4n) is 7.18. The molecule has 0 aromatic heterocycles. The molecule has 1 heterocycles. The van der Waals surface area contributed by atoms with Crippen LogP contribution in [0.5, 0.6) is 23.0 Å². The second-order valence-corrected chi connectivity index (χ2v) is 15.9. The van der Waals surface area contributed by atoms with E-state index in [1.54, 1.807) is 0 Å². The molecule has 0 amide bonds. The van der Waals surface area contributed by atoms with Gasteiger partial charge in [-0.05, 0) is 68.8 Å². The first-order valence-electron chi connectivity index (χ1n) is 23.4. The Morgan fingerprint density at radius 1 is 0.250 bits per heavy atom. The van der Waals surface area contributed by atoms with E-state index in [4.69, 9.17) is 56.8 Å². The van der Waals surface area contributed by atoms with Crippen LogP contribution in [0.4, 0.5) is 0 Å². The quantitative estimate of drug-likeness (QED) is 0.0922. The number of ether oxygens (including phenoxy) is 12. The zero-order chi connectivity index (χ0) is 46.5. The Kier molecular flexibility index (Phi) is 22.0. The smallest absolute Gasteiger partial charge is 0.161 e. The SMILES string of the molecule is c1ccc(COCc2cc3c(cc2COCc2ccccc2)OCCOCCOCCOc2cc(COCc4ccccc4)c(COCc4ccccc4)cc2OCCOCCOCCO3)cc1. The number of hydrogen-bond acceptors (Lipinski definition) is 12. The van der Waals surface area contributed by atoms with Gasteiger partial charge < -0.3 is 56.8 Å². The molecule has 0 spiro atoms. The van der Waals surface area contributed by atoms with Crippen LogP contribution in [0.15, 0.2) is 146 Å². The Labute approximate surface area is 400 Å². The van der Waals surface area contributed by atoms with Gasteiger partial charge in [-0.2, -0.15) is 0 Å². The molecule has 0 fully saturated rings. The van der Waals surface area contributed by atoms with E-state index in [2.05, 4.69) is 0 Å². The largest absolute Gasteiger partial charge is 0.487 e. The van der Waals surface area contributed by atoms with Gasteiger partial charge in [0.05, 0.1) is 106 Å². The highest BCUT2D eigenvalue weighted by molar-refractivity contribution is 5.48. The number of benzene rings is 6. The minimum Gasteiger partial charge on any atom is -0.487 e. The highest BCUT2D eigenvalue weighted by atomic mass is 16.6. The fourth-order valence-corrected chi connectivity index (χ4v) is 7.18. The van der Waals surface area contributed by atoms with Gasteiger partial charge >= 0.3 is 0 Å². The van der Waals surface area contributed by atoms with Crippen molar-refractivity contribution < 1.29 is 56.8 Å². The lowest BCUT2D eigenvalue weighted by atomic mass is 10.1. The van der Waals surface area contributed by atoms with E-state index >= 15 is 0 Å². The molecule has 0 atom stereocenters. The van der Waals surface area contributed by atoms with Gasteiger partial charge in [0, 0.05) is 0 Å². The molecule has 0 saturated carbocycles. The van der Waals surface area contributed by atoms with Gasteiger partial charge in [-0.25, -0.2) is 0 Å². The Balaban J connectivity index is 0.970. The first-order valence-corrected chi connectivity index (χ1v) is 23.4. The molecule has 360 valence electrons. The van der Waals surface area contributed by atoms with Crippen LogP contribution in [0, 0.1) is 0 Å². The summed E-state index contributed by atoms with van der Waals surface area (Å²) in [6.07, 6.45) is 0. The summed E-state index contributed by atoms with van der Waals surface area (Å²) >= 11 is 0. The summed E-state index contributed by atoms with van der Waals surface area (Å²) < 4.78 is 73.7. The van der Waals surface area contributed by atoms with Crippen molar-refractivity contribution in [1.82, 2.24) is 0 Å². The van der Waals surface area contributed by atoms with E-state index in [1.807, 2.05) is 146 Å². The summed E-state index contributed by atoms with van der Waals surface area (Å²) in [7, 11) is 0. The molecule has 68 heavy (non-hydrogen) atoms. The summed E-state index contributed by atoms with van der Waals surface area (Å²) in [6.45, 7) is 7.48. The van der Waals surface area contributed by atoms with Crippen LogP contribution in [0.1, 0.15) is 44.5 Å². The average Bonchev–Trinajstić information content (AvgIpc) is 3.37. The molecule has 7 rings (SSSR count). The maximum Gasteiger partial charge on any atom is 0.161 e. The van der Waals surface area contributed by atoms with E-state index in [0.29, 0.717) is 155 Å². The van der Waals surface area contributed by atoms with Crippen LogP contribution in [0.3, 0.4) is 0 Å². The van der Waals surface area contributed by atoms with E-state index in [-0.39, 0.29) is 0 Å². The van der Waals surface area contributed by atoms with Crippen molar-refractivity contribution in [3.63, 3.8) is 0 Å². The second kappa shape index (κ2) is 29.8. The minimum absolute atomic E-state index is 0.301. The zero-order valence-corrected chi connectivity index (χ0v) is 38.9. The molecular weight excluding hydrogens is 865 g/mol. The van der Waals surface area contributed by atoms with Gasteiger partial charge in [-0.15, -0.1) is 0 Å². The van der Waals surface area contributed by atoms with Gasteiger partial charge in [-0.1, -0.05) is 121 Å². The molecule has 1 aliphatic heterocycles. The van der Waals surface area contributed by atoms with Crippen molar-refractivity contribution in [2.45, 2.75) is 52.9 Å². The van der Waals surface area contributed by atoms with Crippen LogP contribution < -0.4 is 18.9 Å². The number of rotatable bonds is 16. The molecule has 1 aliphatic rings. The van der Waals surface area contributed by atoms with Crippen LogP contribution in [0.25, 0.3) is 0 Å². The minimum atomic E-state index is 0.301. The molecule has 0 aliphatic carbocycles. The highest BCUT2D eigenvalue weighted by Gasteiger charge is 2.16. The highest BCUT2D eigenvalue weighted by Crippen LogP contribution is 2.34. The second-order valence-electron chi connectivity index (χ2n) is 15.9. The van der Waals surface area contributed by atoms with Crippen LogP contribution in [-0.2, 0) is 90.7 Å². The van der Waals surface area contributed by atoms with Gasteiger partial charge in [0.1, 0.15) is 26.4 Å². The maximum atomic E-state index is 6.30. The maximum absolute atomic E-state index is 6.30. The van der Waals surface area contributed by atoms with Crippen LogP contribution >= 0.6 is 0 Å². The fraction of sp³-hybridized carbons (Fsp3) is 0.357. The Morgan fingerprint density at radius 3 is 0.676 bits per heavy atom. The van der Waals surface area contributed by atoms with Crippen LogP contribution in [0.2, 0.25) is 0 Å². The molecule has 0 radical (unpaired) electrons. The summed E-state index contributed by atoms with van der Waals surface area (Å²) in [5.74, 6) is 2.34. The topological polar surface area (TPSA) is 111 Å². The third kappa shape index (κ3) is 18.0. The van der Waals surface area contributed by atoms with Gasteiger partial charge in [0.25, 0.3) is 0 Å². The zero-order valence-electron chi connectivity index (χ0n) is 38.9. The van der Waals surface area contributed by atoms with Crippen molar-refractivity contribution in [3.05, 3.63) is 190 Å². The number of hydrogen-bond donors (Lipinski definition) is 0. The summed E-state index contributed by atoms with van der Waals surface area (Å²) in [6, 6.07) is 48.4. The standard InChI is InChI=1S/C56H64O12/c1-5-13-45(14-6-1)37-61-41-49-33-53-54(34-50(49)42-62-38-46-15-7-2-8-16-46)66-30-26-58-23-24-60-28-32-68-56-36-52(44-64-40-48-19-11-4-12-20-48)51(43-63-39-47-17-9-3-10-18-47)35-55(56)67-31-27-59-22-21-57-25-29-65-53/h1-20,33-36H,21-32,37-44H2. The van der Waals surface area contributed by atoms with E-state index in [9.17, 15) is 0 Å². The molecule has 12 heteroatoms. The summed E-state index contributed by atoms with van der Waals surface area (Å²) in [4.78, 5) is 0. The summed E-state index contributed by atoms with van der Waals surface area (Å²) in [5.41, 5.74) is 8.16. The van der Waals surface area contributed by atoms with Gasteiger partial charge in [0.15, 0.2) is 23.0 Å².